The van der Waals surface area contributed by atoms with Crippen LogP contribution in [0.3, 0.4) is 0 Å². The molecule has 0 bridgehead atoms. The van der Waals surface area contributed by atoms with Crippen LogP contribution in [0.25, 0.3) is 11.3 Å². The third-order valence-corrected chi connectivity index (χ3v) is 4.20. The topological polar surface area (TPSA) is 48.4 Å². The quantitative estimate of drug-likeness (QED) is 0.742. The lowest BCUT2D eigenvalue weighted by atomic mass is 10.1. The third kappa shape index (κ3) is 3.13. The minimum atomic E-state index is -0.410. The van der Waals surface area contributed by atoms with E-state index in [1.807, 2.05) is 0 Å². The standard InChI is InChI=1S/C13H11BrClNO3S/c1-3-19-12(17)11-10(16-13(14)20-11)8-6-7(15)4-5-9(8)18-2/h4-6H,3H2,1-2H3. The van der Waals surface area contributed by atoms with Gasteiger partial charge in [-0.3, -0.25) is 0 Å². The van der Waals surface area contributed by atoms with E-state index in [1.165, 1.54) is 11.3 Å². The number of ether oxygens (including phenoxy) is 2. The summed E-state index contributed by atoms with van der Waals surface area (Å²) in [5, 5.41) is 0.541. The average molecular weight is 377 g/mol. The molecule has 7 heteroatoms. The van der Waals surface area contributed by atoms with Crippen LogP contribution in [0.2, 0.25) is 5.02 Å². The molecule has 0 aliphatic rings. The molecule has 106 valence electrons. The molecular weight excluding hydrogens is 366 g/mol. The van der Waals surface area contributed by atoms with E-state index >= 15 is 0 Å². The number of halogens is 2. The summed E-state index contributed by atoms with van der Waals surface area (Å²) >= 11 is 10.5. The first kappa shape index (κ1) is 15.3. The number of carbonyl (C=O) groups is 1. The van der Waals surface area contributed by atoms with E-state index in [4.69, 9.17) is 21.1 Å². The molecule has 0 radical (unpaired) electrons. The maximum atomic E-state index is 12.0. The predicted molar refractivity (Wildman–Crippen MR) is 82.8 cm³/mol. The summed E-state index contributed by atoms with van der Waals surface area (Å²) in [5.74, 6) is 0.186. The maximum Gasteiger partial charge on any atom is 0.350 e. The molecule has 0 aliphatic carbocycles. The normalized spacial score (nSPS) is 10.4. The summed E-state index contributed by atoms with van der Waals surface area (Å²) in [7, 11) is 1.55. The van der Waals surface area contributed by atoms with Gasteiger partial charge >= 0.3 is 5.97 Å². The van der Waals surface area contributed by atoms with E-state index in [1.54, 1.807) is 32.2 Å². The van der Waals surface area contributed by atoms with Gasteiger partial charge in [-0.25, -0.2) is 9.78 Å². The van der Waals surface area contributed by atoms with Gasteiger partial charge in [0.05, 0.1) is 13.7 Å². The lowest BCUT2D eigenvalue weighted by molar-refractivity contribution is 0.0532. The van der Waals surface area contributed by atoms with Gasteiger partial charge in [0, 0.05) is 10.6 Å². The molecule has 0 N–H and O–H groups in total. The number of esters is 1. The molecule has 0 amide bonds. The van der Waals surface area contributed by atoms with E-state index in [0.717, 1.165) is 0 Å². The number of benzene rings is 1. The Balaban J connectivity index is 2.58. The number of carbonyl (C=O) groups excluding carboxylic acids is 1. The second-order valence-electron chi connectivity index (χ2n) is 3.71. The van der Waals surface area contributed by atoms with Crippen molar-refractivity contribution in [2.75, 3.05) is 13.7 Å². The highest BCUT2D eigenvalue weighted by atomic mass is 79.9. The van der Waals surface area contributed by atoms with Crippen LogP contribution in [-0.4, -0.2) is 24.7 Å². The molecule has 0 saturated heterocycles. The molecule has 4 nitrogen and oxygen atoms in total. The van der Waals surface area contributed by atoms with E-state index < -0.39 is 5.97 Å². The van der Waals surface area contributed by atoms with E-state index in [2.05, 4.69) is 20.9 Å². The van der Waals surface area contributed by atoms with Crippen LogP contribution >= 0.6 is 38.9 Å². The Kier molecular flexibility index (Phi) is 5.01. The van der Waals surface area contributed by atoms with Gasteiger partial charge < -0.3 is 9.47 Å². The number of rotatable bonds is 4. The molecule has 0 saturated carbocycles. The number of methoxy groups -OCH3 is 1. The monoisotopic (exact) mass is 375 g/mol. The van der Waals surface area contributed by atoms with Gasteiger partial charge in [0.2, 0.25) is 0 Å². The molecule has 1 aromatic carbocycles. The molecule has 2 rings (SSSR count). The van der Waals surface area contributed by atoms with Crippen molar-refractivity contribution in [2.45, 2.75) is 6.92 Å². The van der Waals surface area contributed by atoms with Crippen LogP contribution in [0.5, 0.6) is 5.75 Å². The second-order valence-corrected chi connectivity index (χ2v) is 6.42. The summed E-state index contributed by atoms with van der Waals surface area (Å²) in [6, 6.07) is 5.17. The lowest BCUT2D eigenvalue weighted by Gasteiger charge is -2.08. The minimum absolute atomic E-state index is 0.306. The van der Waals surface area contributed by atoms with Crippen molar-refractivity contribution in [1.82, 2.24) is 4.98 Å². The van der Waals surface area contributed by atoms with Crippen LogP contribution in [-0.2, 0) is 4.74 Å². The Morgan fingerprint density at radius 1 is 1.50 bits per heavy atom. The molecule has 0 fully saturated rings. The number of hydrogen-bond acceptors (Lipinski definition) is 5. The van der Waals surface area contributed by atoms with Gasteiger partial charge in [0.15, 0.2) is 3.92 Å². The summed E-state index contributed by atoms with van der Waals surface area (Å²) in [4.78, 5) is 16.7. The fraction of sp³-hybridized carbons (Fsp3) is 0.231. The first-order valence-electron chi connectivity index (χ1n) is 5.74. The summed E-state index contributed by atoms with van der Waals surface area (Å²) in [5.41, 5.74) is 1.16. The van der Waals surface area contributed by atoms with Crippen molar-refractivity contribution in [1.29, 1.82) is 0 Å². The highest BCUT2D eigenvalue weighted by molar-refractivity contribution is 9.11. The van der Waals surface area contributed by atoms with E-state index in [-0.39, 0.29) is 0 Å². The highest BCUT2D eigenvalue weighted by Crippen LogP contribution is 2.38. The molecule has 0 unspecified atom stereocenters. The summed E-state index contributed by atoms with van der Waals surface area (Å²) < 4.78 is 10.9. The second kappa shape index (κ2) is 6.56. The first-order chi connectivity index (χ1) is 9.56. The van der Waals surface area contributed by atoms with Gasteiger partial charge in [0.25, 0.3) is 0 Å². The Morgan fingerprint density at radius 2 is 2.25 bits per heavy atom. The summed E-state index contributed by atoms with van der Waals surface area (Å²) in [6.07, 6.45) is 0. The Morgan fingerprint density at radius 3 is 2.90 bits per heavy atom. The van der Waals surface area contributed by atoms with Gasteiger partial charge in [-0.1, -0.05) is 22.9 Å². The Hall–Kier alpha value is -1.11. The van der Waals surface area contributed by atoms with Crippen molar-refractivity contribution in [3.63, 3.8) is 0 Å². The molecule has 20 heavy (non-hydrogen) atoms. The lowest BCUT2D eigenvalue weighted by Crippen LogP contribution is -2.04. The van der Waals surface area contributed by atoms with Crippen molar-refractivity contribution >= 4 is 44.8 Å². The van der Waals surface area contributed by atoms with Gasteiger partial charge in [-0.2, -0.15) is 0 Å². The van der Waals surface area contributed by atoms with Crippen LogP contribution in [0.4, 0.5) is 0 Å². The van der Waals surface area contributed by atoms with Crippen LogP contribution in [0.15, 0.2) is 22.1 Å². The largest absolute Gasteiger partial charge is 0.496 e. The smallest absolute Gasteiger partial charge is 0.350 e. The average Bonchev–Trinajstić information content (AvgIpc) is 2.81. The molecule has 2 aromatic rings. The maximum absolute atomic E-state index is 12.0. The van der Waals surface area contributed by atoms with Crippen LogP contribution < -0.4 is 4.74 Å². The zero-order valence-electron chi connectivity index (χ0n) is 10.8. The van der Waals surface area contributed by atoms with Crippen molar-refractivity contribution in [3.05, 3.63) is 32.0 Å². The number of aromatic nitrogens is 1. The molecule has 0 spiro atoms. The Labute approximate surface area is 133 Å². The highest BCUT2D eigenvalue weighted by Gasteiger charge is 2.22. The molecule has 0 aliphatic heterocycles. The van der Waals surface area contributed by atoms with E-state index in [9.17, 15) is 4.79 Å². The van der Waals surface area contributed by atoms with Gasteiger partial charge in [-0.05, 0) is 41.1 Å². The van der Waals surface area contributed by atoms with Gasteiger partial charge in [-0.15, -0.1) is 0 Å². The van der Waals surface area contributed by atoms with Crippen molar-refractivity contribution in [3.8, 4) is 17.0 Å². The van der Waals surface area contributed by atoms with Crippen LogP contribution in [0, 0.1) is 0 Å². The fourth-order valence-corrected chi connectivity index (χ4v) is 3.21. The zero-order chi connectivity index (χ0) is 14.7. The predicted octanol–water partition coefficient (Wildman–Crippen LogP) is 4.41. The first-order valence-corrected chi connectivity index (χ1v) is 7.73. The molecule has 1 aromatic heterocycles. The SMILES string of the molecule is CCOC(=O)c1sc(Br)nc1-c1cc(Cl)ccc1OC. The van der Waals surface area contributed by atoms with Gasteiger partial charge in [0.1, 0.15) is 16.3 Å². The van der Waals surface area contributed by atoms with Crippen molar-refractivity contribution in [2.24, 2.45) is 0 Å². The fourth-order valence-electron chi connectivity index (χ4n) is 1.68. The number of nitrogens with zero attached hydrogens (tertiary/aromatic N) is 1. The third-order valence-electron chi connectivity index (χ3n) is 2.48. The van der Waals surface area contributed by atoms with Crippen LogP contribution in [0.1, 0.15) is 16.6 Å². The Bertz CT molecular complexity index is 645. The zero-order valence-corrected chi connectivity index (χ0v) is 13.9. The van der Waals surface area contributed by atoms with E-state index in [0.29, 0.717) is 37.4 Å². The minimum Gasteiger partial charge on any atom is -0.496 e. The summed E-state index contributed by atoms with van der Waals surface area (Å²) in [6.45, 7) is 2.06. The van der Waals surface area contributed by atoms with Crippen molar-refractivity contribution < 1.29 is 14.3 Å². The molecular formula is C13H11BrClNO3S. The number of hydrogen-bond donors (Lipinski definition) is 0. The molecule has 0 atom stereocenters. The number of thiazole rings is 1. The molecule has 1 heterocycles.